The highest BCUT2D eigenvalue weighted by Gasteiger charge is 2.46. The molecule has 0 bridgehead atoms. The van der Waals surface area contributed by atoms with Crippen LogP contribution in [-0.4, -0.2) is 59.6 Å². The van der Waals surface area contributed by atoms with Gasteiger partial charge in [-0.15, -0.1) is 26.3 Å². The number of nitrogens with zero attached hydrogens (tertiary/aromatic N) is 1. The van der Waals surface area contributed by atoms with Crippen LogP contribution >= 0.6 is 0 Å². The molecule has 0 aromatic heterocycles. The summed E-state index contributed by atoms with van der Waals surface area (Å²) < 4.78 is 96.1. The lowest BCUT2D eigenvalue weighted by Crippen LogP contribution is -2.53. The van der Waals surface area contributed by atoms with Crippen LogP contribution in [0.5, 0.6) is 17.2 Å². The molecule has 2 aliphatic heterocycles. The highest BCUT2D eigenvalue weighted by Crippen LogP contribution is 2.44. The molecule has 0 amide bonds. The first-order valence-corrected chi connectivity index (χ1v) is 15.8. The smallest absolute Gasteiger partial charge is 0.493 e. The van der Waals surface area contributed by atoms with Gasteiger partial charge in [-0.3, -0.25) is 0 Å². The van der Waals surface area contributed by atoms with Gasteiger partial charge in [-0.2, -0.15) is 4.65 Å². The molecule has 2 fully saturated rings. The highest BCUT2D eigenvalue weighted by molar-refractivity contribution is 5.42. The first kappa shape index (κ1) is 35.8. The third kappa shape index (κ3) is 9.34. The fourth-order valence-electron chi connectivity index (χ4n) is 6.51. The van der Waals surface area contributed by atoms with E-state index in [-0.39, 0.29) is 34.5 Å². The van der Waals surface area contributed by atoms with E-state index in [0.717, 1.165) is 48.4 Å². The molecule has 3 aromatic carbocycles. The summed E-state index contributed by atoms with van der Waals surface area (Å²) in [6.45, 7) is 6.15. The average Bonchev–Trinajstić information content (AvgIpc) is 3.00. The standard InChI is InChI=1S/C35H40F6NO6/c1-32(2)18-15-25(23-46-32)22-45-29-9-3-24(4-10-29)21-42(44)19-16-28(17-20-42)33(43,26-5-11-30(12-6-26)47-34(36,37)38)27-7-13-31(14-8-27)48-35(39,40)41/h3-14,25,28,43-44H,15-23H2,1-2H3/q+1. The number of alkyl halides is 6. The lowest BCUT2D eigenvalue weighted by Gasteiger charge is -2.44. The fourth-order valence-corrected chi connectivity index (χ4v) is 6.51. The number of hydroxylamine groups is 3. The van der Waals surface area contributed by atoms with Crippen molar-refractivity contribution in [2.75, 3.05) is 26.3 Å². The number of hydrogen-bond acceptors (Lipinski definition) is 6. The first-order valence-electron chi connectivity index (χ1n) is 15.8. The van der Waals surface area contributed by atoms with E-state index in [1.807, 2.05) is 24.3 Å². The van der Waals surface area contributed by atoms with Crippen LogP contribution in [0, 0.1) is 11.8 Å². The number of aliphatic hydroxyl groups is 1. The van der Waals surface area contributed by atoms with E-state index < -0.39 is 35.7 Å². The predicted octanol–water partition coefficient (Wildman–Crippen LogP) is 8.12. The number of halogens is 6. The maximum absolute atomic E-state index is 12.8. The molecule has 0 aliphatic carbocycles. The van der Waals surface area contributed by atoms with Gasteiger partial charge in [0.05, 0.1) is 18.8 Å². The van der Waals surface area contributed by atoms with Crippen molar-refractivity contribution in [2.45, 2.75) is 70.0 Å². The van der Waals surface area contributed by atoms with E-state index in [1.54, 1.807) is 0 Å². The van der Waals surface area contributed by atoms with Crippen LogP contribution in [0.4, 0.5) is 26.3 Å². The van der Waals surface area contributed by atoms with Crippen LogP contribution in [0.15, 0.2) is 72.8 Å². The second kappa shape index (κ2) is 13.8. The number of quaternary nitrogens is 1. The molecule has 0 spiro atoms. The number of benzene rings is 3. The summed E-state index contributed by atoms with van der Waals surface area (Å²) in [6, 6.07) is 17.0. The Bertz CT molecular complexity index is 1410. The molecule has 2 saturated heterocycles. The van der Waals surface area contributed by atoms with Crippen LogP contribution < -0.4 is 14.2 Å². The Balaban J connectivity index is 1.26. The maximum atomic E-state index is 12.8. The molecule has 2 aliphatic rings. The monoisotopic (exact) mass is 684 g/mol. The van der Waals surface area contributed by atoms with Crippen molar-refractivity contribution in [1.29, 1.82) is 0 Å². The molecule has 1 unspecified atom stereocenters. The molecule has 7 nitrogen and oxygen atoms in total. The summed E-state index contributed by atoms with van der Waals surface area (Å²) in [5.41, 5.74) is -0.582. The van der Waals surface area contributed by atoms with E-state index in [9.17, 15) is 36.7 Å². The zero-order chi connectivity index (χ0) is 34.8. The Kier molecular flexibility index (Phi) is 10.3. The van der Waals surface area contributed by atoms with Gasteiger partial charge in [0, 0.05) is 30.2 Å². The minimum Gasteiger partial charge on any atom is -0.493 e. The van der Waals surface area contributed by atoms with Crippen molar-refractivity contribution in [3.05, 3.63) is 89.5 Å². The topological polar surface area (TPSA) is 77.4 Å². The zero-order valence-corrected chi connectivity index (χ0v) is 26.7. The van der Waals surface area contributed by atoms with Crippen LogP contribution in [0.2, 0.25) is 0 Å². The van der Waals surface area contributed by atoms with Gasteiger partial charge in [0.1, 0.15) is 42.5 Å². The molecule has 2 heterocycles. The van der Waals surface area contributed by atoms with E-state index in [0.29, 0.717) is 38.5 Å². The largest absolute Gasteiger partial charge is 0.573 e. The van der Waals surface area contributed by atoms with Gasteiger partial charge < -0.3 is 24.1 Å². The van der Waals surface area contributed by atoms with Crippen LogP contribution in [0.1, 0.15) is 56.2 Å². The molecule has 0 saturated carbocycles. The van der Waals surface area contributed by atoms with Crippen molar-refractivity contribution in [3.8, 4) is 17.2 Å². The summed E-state index contributed by atoms with van der Waals surface area (Å²) in [7, 11) is 0. The summed E-state index contributed by atoms with van der Waals surface area (Å²) in [4.78, 5) is 0. The summed E-state index contributed by atoms with van der Waals surface area (Å²) in [5.74, 6) is -0.470. The number of rotatable bonds is 10. The minimum atomic E-state index is -4.91. The second-order valence-electron chi connectivity index (χ2n) is 13.3. The lowest BCUT2D eigenvalue weighted by atomic mass is 9.72. The van der Waals surface area contributed by atoms with Gasteiger partial charge in [0.25, 0.3) is 0 Å². The average molecular weight is 685 g/mol. The third-order valence-electron chi connectivity index (χ3n) is 9.18. The normalized spacial score (nSPS) is 23.4. The van der Waals surface area contributed by atoms with Gasteiger partial charge in [-0.1, -0.05) is 24.3 Å². The van der Waals surface area contributed by atoms with E-state index in [1.165, 1.54) is 24.3 Å². The number of likely N-dealkylation sites (tertiary alicyclic amines) is 1. The Morgan fingerprint density at radius 3 is 1.67 bits per heavy atom. The third-order valence-corrected chi connectivity index (χ3v) is 9.18. The molecular formula is C35H40F6NO6+. The SMILES string of the molecule is CC1(C)CCC(COc2ccc(C[N+]3(O)CCC(C(O)(c4ccc(OC(F)(F)F)cc4)c4ccc(OC(F)(F)F)cc4)CC3)cc2)CO1. The molecule has 3 aromatic rings. The number of piperidine rings is 1. The van der Waals surface area contributed by atoms with Crippen molar-refractivity contribution in [1.82, 2.24) is 0 Å². The Morgan fingerprint density at radius 2 is 1.23 bits per heavy atom. The maximum Gasteiger partial charge on any atom is 0.573 e. The Hall–Kier alpha value is -3.52. The Labute approximate surface area is 275 Å². The second-order valence-corrected chi connectivity index (χ2v) is 13.3. The summed E-state index contributed by atoms with van der Waals surface area (Å²) >= 11 is 0. The fraction of sp³-hybridized carbons (Fsp3) is 0.486. The van der Waals surface area contributed by atoms with Crippen molar-refractivity contribution in [3.63, 3.8) is 0 Å². The minimum absolute atomic E-state index is 0.101. The molecule has 0 radical (unpaired) electrons. The van der Waals surface area contributed by atoms with Gasteiger partial charge in [0.15, 0.2) is 0 Å². The molecule has 5 rings (SSSR count). The van der Waals surface area contributed by atoms with Crippen molar-refractivity contribution < 1.29 is 60.3 Å². The molecule has 262 valence electrons. The number of ether oxygens (including phenoxy) is 4. The molecule has 1 atom stereocenters. The number of hydrogen-bond donors (Lipinski definition) is 2. The molecule has 2 N–H and O–H groups in total. The predicted molar refractivity (Wildman–Crippen MR) is 162 cm³/mol. The molecule has 13 heteroatoms. The van der Waals surface area contributed by atoms with Gasteiger partial charge >= 0.3 is 12.7 Å². The van der Waals surface area contributed by atoms with Gasteiger partial charge in [-0.05, 0) is 86.3 Å². The van der Waals surface area contributed by atoms with Crippen LogP contribution in [0.25, 0.3) is 0 Å². The van der Waals surface area contributed by atoms with Crippen LogP contribution in [0.3, 0.4) is 0 Å². The van der Waals surface area contributed by atoms with E-state index >= 15 is 0 Å². The first-order chi connectivity index (χ1) is 22.4. The van der Waals surface area contributed by atoms with Crippen molar-refractivity contribution >= 4 is 0 Å². The quantitative estimate of drug-likeness (QED) is 0.166. The summed E-state index contributed by atoms with van der Waals surface area (Å²) in [5, 5.41) is 23.7. The van der Waals surface area contributed by atoms with E-state index in [2.05, 4.69) is 23.3 Å². The zero-order valence-electron chi connectivity index (χ0n) is 26.7. The Morgan fingerprint density at radius 1 is 0.750 bits per heavy atom. The molecule has 48 heavy (non-hydrogen) atoms. The van der Waals surface area contributed by atoms with Crippen LogP contribution in [-0.2, 0) is 16.9 Å². The van der Waals surface area contributed by atoms with E-state index in [4.69, 9.17) is 9.47 Å². The van der Waals surface area contributed by atoms with Gasteiger partial charge in [-0.25, -0.2) is 5.21 Å². The lowest BCUT2D eigenvalue weighted by molar-refractivity contribution is -1.12. The highest BCUT2D eigenvalue weighted by atomic mass is 19.4. The van der Waals surface area contributed by atoms with Crippen molar-refractivity contribution in [2.24, 2.45) is 11.8 Å². The van der Waals surface area contributed by atoms with Gasteiger partial charge in [0.2, 0.25) is 0 Å². The molecular weight excluding hydrogens is 644 g/mol. The summed E-state index contributed by atoms with van der Waals surface area (Å²) in [6.07, 6.45) is -7.21.